The van der Waals surface area contributed by atoms with Gasteiger partial charge in [-0.05, 0) is 56.4 Å². The van der Waals surface area contributed by atoms with Crippen molar-refractivity contribution < 1.29 is 24.1 Å². The number of allylic oxidation sites excluding steroid dienone is 1. The van der Waals surface area contributed by atoms with E-state index in [4.69, 9.17) is 14.2 Å². The van der Waals surface area contributed by atoms with Gasteiger partial charge in [-0.3, -0.25) is 4.79 Å². The fourth-order valence-electron chi connectivity index (χ4n) is 3.14. The Labute approximate surface area is 158 Å². The molecule has 0 aliphatic carbocycles. The number of Topliss-reactive ketones (excluding diaryl/α,β-unsaturated/α-hetero) is 1. The maximum absolute atomic E-state index is 12.9. The van der Waals surface area contributed by atoms with Crippen LogP contribution < -0.4 is 14.2 Å². The molecule has 1 aliphatic heterocycles. The van der Waals surface area contributed by atoms with Crippen LogP contribution >= 0.6 is 0 Å². The Morgan fingerprint density at radius 3 is 2.48 bits per heavy atom. The van der Waals surface area contributed by atoms with Gasteiger partial charge >= 0.3 is 0 Å². The average Bonchev–Trinajstić information content (AvgIpc) is 2.95. The summed E-state index contributed by atoms with van der Waals surface area (Å²) in [6.45, 7) is 2.25. The second-order valence-corrected chi connectivity index (χ2v) is 6.69. The van der Waals surface area contributed by atoms with Crippen molar-refractivity contribution in [2.24, 2.45) is 0 Å². The normalized spacial score (nSPS) is 14.4. The van der Waals surface area contributed by atoms with E-state index in [0.717, 1.165) is 5.56 Å². The molecule has 0 saturated heterocycles. The summed E-state index contributed by atoms with van der Waals surface area (Å²) in [4.78, 5) is 14.8. The Balaban J connectivity index is 2.04. The zero-order valence-corrected chi connectivity index (χ0v) is 16.1. The third-order valence-electron chi connectivity index (χ3n) is 4.40. The molecule has 0 spiro atoms. The Morgan fingerprint density at radius 1 is 1.15 bits per heavy atom. The van der Waals surface area contributed by atoms with Gasteiger partial charge in [0.1, 0.15) is 11.5 Å². The number of methoxy groups -OCH3 is 2. The van der Waals surface area contributed by atoms with Gasteiger partial charge in [0.2, 0.25) is 5.78 Å². The van der Waals surface area contributed by atoms with E-state index in [1.54, 1.807) is 45.4 Å². The summed E-state index contributed by atoms with van der Waals surface area (Å²) in [7, 11) is 6.91. The number of hydrogen-bond acceptors (Lipinski definition) is 6. The minimum atomic E-state index is -0.197. The molecular formula is C21H23NO5. The van der Waals surface area contributed by atoms with Crippen molar-refractivity contribution in [2.75, 3.05) is 28.3 Å². The molecule has 2 aromatic carbocycles. The first-order valence-corrected chi connectivity index (χ1v) is 8.52. The van der Waals surface area contributed by atoms with Crippen LogP contribution in [0.3, 0.4) is 0 Å². The Bertz CT molecular complexity index is 931. The molecule has 0 atom stereocenters. The topological polar surface area (TPSA) is 68.2 Å². The van der Waals surface area contributed by atoms with Gasteiger partial charge in [-0.2, -0.15) is 0 Å². The van der Waals surface area contributed by atoms with E-state index >= 15 is 0 Å². The molecule has 1 N–H and O–H groups in total. The van der Waals surface area contributed by atoms with Crippen LogP contribution in [0.5, 0.6) is 23.0 Å². The number of ketones is 1. The number of aryl methyl sites for hydroxylation is 1. The van der Waals surface area contributed by atoms with Crippen molar-refractivity contribution in [2.45, 2.75) is 13.5 Å². The number of nitrogens with zero attached hydrogens (tertiary/aromatic N) is 1. The zero-order valence-electron chi connectivity index (χ0n) is 16.1. The second-order valence-electron chi connectivity index (χ2n) is 6.69. The first kappa shape index (κ1) is 18.8. The highest BCUT2D eigenvalue weighted by atomic mass is 16.5. The van der Waals surface area contributed by atoms with Crippen molar-refractivity contribution in [3.63, 3.8) is 0 Å². The quantitative estimate of drug-likeness (QED) is 0.815. The van der Waals surface area contributed by atoms with E-state index in [1.807, 2.05) is 25.1 Å². The maximum atomic E-state index is 12.9. The standard InChI is InChI=1S/C21H23NO5/c1-12-8-15(23)14(11-22(2)3)21-19(12)20(24)18(27-21)10-13-6-7-16(25-4)17(9-13)26-5/h6-10,23H,11H2,1-5H3/b18-10-. The van der Waals surface area contributed by atoms with Crippen LogP contribution in [0.25, 0.3) is 6.08 Å². The van der Waals surface area contributed by atoms with Gasteiger partial charge in [-0.25, -0.2) is 0 Å². The first-order valence-electron chi connectivity index (χ1n) is 8.52. The molecule has 0 unspecified atom stereocenters. The lowest BCUT2D eigenvalue weighted by atomic mass is 9.99. The summed E-state index contributed by atoms with van der Waals surface area (Å²) >= 11 is 0. The maximum Gasteiger partial charge on any atom is 0.232 e. The highest BCUT2D eigenvalue weighted by molar-refractivity contribution is 6.15. The van der Waals surface area contributed by atoms with Gasteiger partial charge in [0, 0.05) is 6.54 Å². The number of rotatable bonds is 5. The molecule has 142 valence electrons. The van der Waals surface area contributed by atoms with Gasteiger partial charge in [-0.1, -0.05) is 6.07 Å². The number of fused-ring (bicyclic) bond motifs is 1. The van der Waals surface area contributed by atoms with Crippen LogP contribution in [0, 0.1) is 6.92 Å². The molecule has 0 fully saturated rings. The van der Waals surface area contributed by atoms with E-state index in [9.17, 15) is 9.90 Å². The zero-order chi connectivity index (χ0) is 19.7. The third kappa shape index (κ3) is 3.48. The van der Waals surface area contributed by atoms with Gasteiger partial charge in [0.05, 0.1) is 25.3 Å². The summed E-state index contributed by atoms with van der Waals surface area (Å²) in [6, 6.07) is 6.97. The molecule has 0 aromatic heterocycles. The molecule has 2 aromatic rings. The van der Waals surface area contributed by atoms with E-state index < -0.39 is 0 Å². The molecule has 0 bridgehead atoms. The van der Waals surface area contributed by atoms with Gasteiger partial charge in [0.25, 0.3) is 0 Å². The molecule has 1 aliphatic rings. The van der Waals surface area contributed by atoms with Crippen LogP contribution in [0.1, 0.15) is 27.0 Å². The van der Waals surface area contributed by atoms with Crippen LogP contribution in [0.4, 0.5) is 0 Å². The number of benzene rings is 2. The van der Waals surface area contributed by atoms with Crippen LogP contribution in [0.2, 0.25) is 0 Å². The number of phenols is 1. The molecule has 6 heteroatoms. The van der Waals surface area contributed by atoms with Crippen molar-refractivity contribution in [3.05, 3.63) is 52.3 Å². The summed E-state index contributed by atoms with van der Waals surface area (Å²) in [5.41, 5.74) is 2.53. The average molecular weight is 369 g/mol. The second kappa shape index (κ2) is 7.32. The number of phenolic OH excluding ortho intramolecular Hbond substituents is 1. The number of carbonyl (C=O) groups excluding carboxylic acids is 1. The minimum absolute atomic E-state index is 0.125. The summed E-state index contributed by atoms with van der Waals surface area (Å²) in [5.74, 6) is 1.74. The lowest BCUT2D eigenvalue weighted by Gasteiger charge is -2.15. The van der Waals surface area contributed by atoms with Crippen molar-refractivity contribution in [3.8, 4) is 23.0 Å². The molecule has 0 saturated carbocycles. The van der Waals surface area contributed by atoms with Gasteiger partial charge < -0.3 is 24.2 Å². The largest absolute Gasteiger partial charge is 0.507 e. The van der Waals surface area contributed by atoms with Crippen LogP contribution in [0.15, 0.2) is 30.0 Å². The third-order valence-corrected chi connectivity index (χ3v) is 4.40. The molecule has 0 radical (unpaired) electrons. The smallest absolute Gasteiger partial charge is 0.232 e. The van der Waals surface area contributed by atoms with Crippen LogP contribution in [-0.4, -0.2) is 44.1 Å². The molecule has 6 nitrogen and oxygen atoms in total. The van der Waals surface area contributed by atoms with Gasteiger partial charge in [0.15, 0.2) is 17.3 Å². The van der Waals surface area contributed by atoms with E-state index in [2.05, 4.69) is 0 Å². The van der Waals surface area contributed by atoms with Crippen LogP contribution in [-0.2, 0) is 6.54 Å². The summed E-state index contributed by atoms with van der Waals surface area (Å²) < 4.78 is 16.4. The fourth-order valence-corrected chi connectivity index (χ4v) is 3.14. The summed E-state index contributed by atoms with van der Waals surface area (Å²) in [5, 5.41) is 10.3. The molecule has 3 rings (SSSR count). The molecule has 27 heavy (non-hydrogen) atoms. The summed E-state index contributed by atoms with van der Waals surface area (Å²) in [6.07, 6.45) is 1.67. The monoisotopic (exact) mass is 369 g/mol. The van der Waals surface area contributed by atoms with E-state index in [-0.39, 0.29) is 17.3 Å². The molecule has 0 amide bonds. The van der Waals surface area contributed by atoms with Gasteiger partial charge in [-0.15, -0.1) is 0 Å². The number of ether oxygens (including phenoxy) is 3. The Hall–Kier alpha value is -2.99. The van der Waals surface area contributed by atoms with E-state index in [1.165, 1.54) is 0 Å². The number of aromatic hydroxyl groups is 1. The Kier molecular flexibility index (Phi) is 5.10. The first-order chi connectivity index (χ1) is 12.8. The number of carbonyl (C=O) groups is 1. The highest BCUT2D eigenvalue weighted by Gasteiger charge is 2.33. The predicted molar refractivity (Wildman–Crippen MR) is 103 cm³/mol. The lowest BCUT2D eigenvalue weighted by Crippen LogP contribution is -2.12. The van der Waals surface area contributed by atoms with Crippen molar-refractivity contribution in [1.29, 1.82) is 0 Å². The number of hydrogen-bond donors (Lipinski definition) is 1. The lowest BCUT2D eigenvalue weighted by molar-refractivity contribution is 0.101. The van der Waals surface area contributed by atoms with Crippen molar-refractivity contribution >= 4 is 11.9 Å². The van der Waals surface area contributed by atoms with E-state index in [0.29, 0.717) is 40.5 Å². The Morgan fingerprint density at radius 2 is 1.85 bits per heavy atom. The molecular weight excluding hydrogens is 346 g/mol. The predicted octanol–water partition coefficient (Wildman–Crippen LogP) is 3.40. The minimum Gasteiger partial charge on any atom is -0.507 e. The SMILES string of the molecule is COc1ccc(/C=C2\Oc3c(CN(C)C)c(O)cc(C)c3C2=O)cc1OC. The highest BCUT2D eigenvalue weighted by Crippen LogP contribution is 2.42. The fraction of sp³-hybridized carbons (Fsp3) is 0.286. The van der Waals surface area contributed by atoms with Crippen molar-refractivity contribution in [1.82, 2.24) is 4.90 Å². The molecule has 1 heterocycles.